The zero-order valence-corrected chi connectivity index (χ0v) is 12.6. The molecule has 2 fully saturated rings. The number of carbonyl (C=O) groups is 1. The Kier molecular flexibility index (Phi) is 4.86. The van der Waals surface area contributed by atoms with Crippen LogP contribution in [0, 0.1) is 5.92 Å². The van der Waals surface area contributed by atoms with Crippen molar-refractivity contribution in [2.24, 2.45) is 5.92 Å². The highest BCUT2D eigenvalue weighted by molar-refractivity contribution is 5.76. The van der Waals surface area contributed by atoms with Gasteiger partial charge < -0.3 is 10.2 Å². The second kappa shape index (κ2) is 7.03. The average molecular weight is 287 g/mol. The lowest BCUT2D eigenvalue weighted by atomic mass is 10.0. The predicted molar refractivity (Wildman–Crippen MR) is 82.9 cm³/mol. The Morgan fingerprint density at radius 1 is 1.29 bits per heavy atom. The Balaban J connectivity index is 1.36. The fourth-order valence-electron chi connectivity index (χ4n) is 2.94. The minimum Gasteiger partial charge on any atom is -0.343 e. The van der Waals surface area contributed by atoms with Gasteiger partial charge in [-0.1, -0.05) is 6.07 Å². The minimum atomic E-state index is 0.291. The van der Waals surface area contributed by atoms with Crippen molar-refractivity contribution < 1.29 is 4.79 Å². The van der Waals surface area contributed by atoms with E-state index in [1.807, 2.05) is 23.2 Å². The van der Waals surface area contributed by atoms with Gasteiger partial charge in [0.2, 0.25) is 5.91 Å². The lowest BCUT2D eigenvalue weighted by molar-refractivity contribution is -0.132. The monoisotopic (exact) mass is 287 g/mol. The summed E-state index contributed by atoms with van der Waals surface area (Å²) in [5, 5.41) is 3.65. The molecule has 114 valence electrons. The SMILES string of the molecule is O=C(CCc1cccnc1)N1CCC(NCC2CC2)CC1. The molecule has 0 unspecified atom stereocenters. The second-order valence-electron chi connectivity index (χ2n) is 6.37. The van der Waals surface area contributed by atoms with Crippen LogP contribution in [0.3, 0.4) is 0 Å². The molecule has 0 bridgehead atoms. The van der Waals surface area contributed by atoms with Crippen LogP contribution in [0.4, 0.5) is 0 Å². The van der Waals surface area contributed by atoms with Crippen molar-refractivity contribution >= 4 is 5.91 Å². The highest BCUT2D eigenvalue weighted by atomic mass is 16.2. The Morgan fingerprint density at radius 2 is 2.10 bits per heavy atom. The van der Waals surface area contributed by atoms with Crippen molar-refractivity contribution in [2.45, 2.75) is 44.6 Å². The number of carbonyl (C=O) groups excluding carboxylic acids is 1. The maximum absolute atomic E-state index is 12.2. The lowest BCUT2D eigenvalue weighted by Crippen LogP contribution is -2.45. The molecule has 2 aliphatic rings. The normalized spacial score (nSPS) is 19.7. The topological polar surface area (TPSA) is 45.2 Å². The van der Waals surface area contributed by atoms with Crippen LogP contribution >= 0.6 is 0 Å². The van der Waals surface area contributed by atoms with Gasteiger partial charge in [0.05, 0.1) is 0 Å². The number of pyridine rings is 1. The Hall–Kier alpha value is -1.42. The number of nitrogens with zero attached hydrogens (tertiary/aromatic N) is 2. The van der Waals surface area contributed by atoms with E-state index in [0.717, 1.165) is 43.8 Å². The number of nitrogens with one attached hydrogen (secondary N) is 1. The molecule has 1 aromatic heterocycles. The van der Waals surface area contributed by atoms with Crippen molar-refractivity contribution in [3.8, 4) is 0 Å². The van der Waals surface area contributed by atoms with Gasteiger partial charge in [0, 0.05) is 37.9 Å². The third-order valence-corrected chi connectivity index (χ3v) is 4.59. The fraction of sp³-hybridized carbons (Fsp3) is 0.647. The molecule has 3 rings (SSSR count). The van der Waals surface area contributed by atoms with Crippen LogP contribution < -0.4 is 5.32 Å². The molecular weight excluding hydrogens is 262 g/mol. The molecular formula is C17H25N3O. The molecule has 4 heteroatoms. The molecule has 4 nitrogen and oxygen atoms in total. The smallest absolute Gasteiger partial charge is 0.222 e. The van der Waals surface area contributed by atoms with E-state index in [1.165, 1.54) is 19.4 Å². The van der Waals surface area contributed by atoms with Gasteiger partial charge in [-0.25, -0.2) is 0 Å². The molecule has 0 spiro atoms. The van der Waals surface area contributed by atoms with Gasteiger partial charge in [0.15, 0.2) is 0 Å². The maximum Gasteiger partial charge on any atom is 0.222 e. The molecule has 0 atom stereocenters. The number of rotatable bonds is 6. The van der Waals surface area contributed by atoms with E-state index in [2.05, 4.69) is 10.3 Å². The first-order valence-electron chi connectivity index (χ1n) is 8.21. The number of aryl methyl sites for hydroxylation is 1. The summed E-state index contributed by atoms with van der Waals surface area (Å²) in [5.41, 5.74) is 1.15. The Morgan fingerprint density at radius 3 is 2.76 bits per heavy atom. The quantitative estimate of drug-likeness (QED) is 0.870. The molecule has 2 heterocycles. The van der Waals surface area contributed by atoms with E-state index >= 15 is 0 Å². The predicted octanol–water partition coefficient (Wildman–Crippen LogP) is 2.00. The molecule has 1 aromatic rings. The van der Waals surface area contributed by atoms with Crippen LogP contribution in [0.1, 0.15) is 37.7 Å². The molecule has 1 amide bonds. The number of hydrogen-bond donors (Lipinski definition) is 1. The number of piperidine rings is 1. The number of amides is 1. The van der Waals surface area contributed by atoms with Crippen LogP contribution in [0.15, 0.2) is 24.5 Å². The molecule has 1 aliphatic carbocycles. The lowest BCUT2D eigenvalue weighted by Gasteiger charge is -2.32. The minimum absolute atomic E-state index is 0.291. The Bertz CT molecular complexity index is 450. The molecule has 1 aliphatic heterocycles. The summed E-state index contributed by atoms with van der Waals surface area (Å²) in [6.07, 6.45) is 10.0. The fourth-order valence-corrected chi connectivity index (χ4v) is 2.94. The second-order valence-corrected chi connectivity index (χ2v) is 6.37. The summed E-state index contributed by atoms with van der Waals surface area (Å²) in [7, 11) is 0. The number of hydrogen-bond acceptors (Lipinski definition) is 3. The number of aromatic nitrogens is 1. The van der Waals surface area contributed by atoms with Crippen molar-refractivity contribution in [1.29, 1.82) is 0 Å². The first-order valence-corrected chi connectivity index (χ1v) is 8.21. The van der Waals surface area contributed by atoms with Gasteiger partial charge in [-0.3, -0.25) is 9.78 Å². The van der Waals surface area contributed by atoms with Crippen LogP contribution in [0.5, 0.6) is 0 Å². The van der Waals surface area contributed by atoms with Crippen LogP contribution in [0.2, 0.25) is 0 Å². The Labute approximate surface area is 126 Å². The van der Waals surface area contributed by atoms with Crippen molar-refractivity contribution in [2.75, 3.05) is 19.6 Å². The summed E-state index contributed by atoms with van der Waals surface area (Å²) < 4.78 is 0. The van der Waals surface area contributed by atoms with Gasteiger partial charge in [0.1, 0.15) is 0 Å². The first kappa shape index (κ1) is 14.5. The van der Waals surface area contributed by atoms with Crippen molar-refractivity contribution in [3.63, 3.8) is 0 Å². The van der Waals surface area contributed by atoms with Crippen LogP contribution in [-0.4, -0.2) is 41.5 Å². The summed E-state index contributed by atoms with van der Waals surface area (Å²) >= 11 is 0. The molecule has 0 aromatic carbocycles. The van der Waals surface area contributed by atoms with E-state index in [0.29, 0.717) is 18.4 Å². The third kappa shape index (κ3) is 4.53. The third-order valence-electron chi connectivity index (χ3n) is 4.59. The standard InChI is InChI=1S/C17H25N3O/c21-17(6-5-14-2-1-9-18-12-14)20-10-7-16(8-11-20)19-13-15-3-4-15/h1-2,9,12,15-16,19H,3-8,10-11,13H2. The van der Waals surface area contributed by atoms with E-state index < -0.39 is 0 Å². The molecule has 21 heavy (non-hydrogen) atoms. The highest BCUT2D eigenvalue weighted by Crippen LogP contribution is 2.28. The summed E-state index contributed by atoms with van der Waals surface area (Å²) in [6.45, 7) is 3.00. The van der Waals surface area contributed by atoms with Gasteiger partial charge in [-0.05, 0) is 56.2 Å². The maximum atomic E-state index is 12.2. The molecule has 1 saturated carbocycles. The highest BCUT2D eigenvalue weighted by Gasteiger charge is 2.25. The average Bonchev–Trinajstić information content (AvgIpc) is 3.36. The van der Waals surface area contributed by atoms with Crippen molar-refractivity contribution in [1.82, 2.24) is 15.2 Å². The van der Waals surface area contributed by atoms with Crippen LogP contribution in [-0.2, 0) is 11.2 Å². The van der Waals surface area contributed by atoms with Gasteiger partial charge in [-0.2, -0.15) is 0 Å². The van der Waals surface area contributed by atoms with Crippen LogP contribution in [0.25, 0.3) is 0 Å². The molecule has 0 radical (unpaired) electrons. The zero-order valence-electron chi connectivity index (χ0n) is 12.6. The van der Waals surface area contributed by atoms with E-state index in [4.69, 9.17) is 0 Å². The van der Waals surface area contributed by atoms with E-state index in [1.54, 1.807) is 6.20 Å². The summed E-state index contributed by atoms with van der Waals surface area (Å²) in [6, 6.07) is 4.58. The van der Waals surface area contributed by atoms with Crippen molar-refractivity contribution in [3.05, 3.63) is 30.1 Å². The molecule has 1 saturated heterocycles. The largest absolute Gasteiger partial charge is 0.343 e. The zero-order chi connectivity index (χ0) is 14.5. The number of likely N-dealkylation sites (tertiary alicyclic amines) is 1. The summed E-state index contributed by atoms with van der Waals surface area (Å²) in [4.78, 5) is 18.4. The van der Waals surface area contributed by atoms with E-state index in [9.17, 15) is 4.79 Å². The van der Waals surface area contributed by atoms with Gasteiger partial charge in [0.25, 0.3) is 0 Å². The first-order chi connectivity index (χ1) is 10.3. The molecule has 1 N–H and O–H groups in total. The summed E-state index contributed by atoms with van der Waals surface area (Å²) in [5.74, 6) is 1.23. The van der Waals surface area contributed by atoms with Gasteiger partial charge >= 0.3 is 0 Å². The van der Waals surface area contributed by atoms with E-state index in [-0.39, 0.29) is 0 Å². The van der Waals surface area contributed by atoms with Gasteiger partial charge in [-0.15, -0.1) is 0 Å².